The van der Waals surface area contributed by atoms with Crippen LogP contribution in [-0.4, -0.2) is 35.8 Å². The molecule has 1 aromatic carbocycles. The summed E-state index contributed by atoms with van der Waals surface area (Å²) in [4.78, 5) is 14.8. The second-order valence-corrected chi connectivity index (χ2v) is 7.30. The van der Waals surface area contributed by atoms with Crippen LogP contribution in [0.15, 0.2) is 40.3 Å². The van der Waals surface area contributed by atoms with E-state index in [1.165, 1.54) is 12.1 Å². The molecule has 0 radical (unpaired) electrons. The monoisotopic (exact) mass is 347 g/mol. The van der Waals surface area contributed by atoms with E-state index in [4.69, 9.17) is 4.74 Å². The van der Waals surface area contributed by atoms with E-state index in [1.54, 1.807) is 43.9 Å². The number of nitrogens with one attached hydrogen (secondary N) is 1. The number of rotatable bonds is 4. The standard InChI is InChI=1S/C16H17N3O4S/c1-4-23-16(20)13-8-15(10(2)18-13)24(21,22)12-5-6-14-11(7-12)9-17-19(14)3/h5-9,18H,4H2,1-3H3. The van der Waals surface area contributed by atoms with Crippen molar-refractivity contribution in [3.63, 3.8) is 0 Å². The zero-order valence-electron chi connectivity index (χ0n) is 13.5. The first-order valence-electron chi connectivity index (χ1n) is 7.38. The molecule has 0 bridgehead atoms. The number of H-pyrrole nitrogens is 1. The zero-order valence-corrected chi connectivity index (χ0v) is 14.3. The van der Waals surface area contributed by atoms with Crippen LogP contribution in [-0.2, 0) is 21.6 Å². The van der Waals surface area contributed by atoms with Crippen LogP contribution in [0.5, 0.6) is 0 Å². The molecule has 0 aliphatic rings. The third-order valence-corrected chi connectivity index (χ3v) is 5.66. The van der Waals surface area contributed by atoms with Gasteiger partial charge in [-0.15, -0.1) is 0 Å². The Balaban J connectivity index is 2.07. The molecule has 0 unspecified atom stereocenters. The molecule has 126 valence electrons. The maximum Gasteiger partial charge on any atom is 0.354 e. The van der Waals surface area contributed by atoms with Gasteiger partial charge in [0.1, 0.15) is 5.69 Å². The van der Waals surface area contributed by atoms with Crippen molar-refractivity contribution in [2.45, 2.75) is 23.6 Å². The summed E-state index contributed by atoms with van der Waals surface area (Å²) in [5.74, 6) is -0.579. The molecule has 0 saturated heterocycles. The molecule has 0 atom stereocenters. The van der Waals surface area contributed by atoms with Gasteiger partial charge in [0, 0.05) is 18.1 Å². The third kappa shape index (κ3) is 2.58. The second kappa shape index (κ2) is 5.79. The summed E-state index contributed by atoms with van der Waals surface area (Å²) in [5.41, 5.74) is 1.35. The molecule has 2 heterocycles. The van der Waals surface area contributed by atoms with Crippen LogP contribution >= 0.6 is 0 Å². The van der Waals surface area contributed by atoms with Crippen LogP contribution in [0, 0.1) is 6.92 Å². The van der Waals surface area contributed by atoms with Gasteiger partial charge in [-0.25, -0.2) is 13.2 Å². The predicted octanol–water partition coefficient (Wildman–Crippen LogP) is 2.22. The SMILES string of the molecule is CCOC(=O)c1cc(S(=O)(=O)c2ccc3c(cnn3C)c2)c(C)[nH]1. The van der Waals surface area contributed by atoms with Gasteiger partial charge in [-0.05, 0) is 38.1 Å². The molecule has 0 saturated carbocycles. The molecule has 0 fully saturated rings. The number of aryl methyl sites for hydroxylation is 2. The Kier molecular flexibility index (Phi) is 3.92. The molecule has 3 aromatic rings. The third-order valence-electron chi connectivity index (χ3n) is 3.78. The number of carbonyl (C=O) groups is 1. The van der Waals surface area contributed by atoms with Crippen molar-refractivity contribution in [3.05, 3.63) is 41.9 Å². The first kappa shape index (κ1) is 16.3. The number of fused-ring (bicyclic) bond motifs is 1. The number of hydrogen-bond donors (Lipinski definition) is 1. The van der Waals surface area contributed by atoms with Gasteiger partial charge in [0.2, 0.25) is 9.84 Å². The van der Waals surface area contributed by atoms with Crippen LogP contribution in [0.25, 0.3) is 10.9 Å². The summed E-state index contributed by atoms with van der Waals surface area (Å²) in [6.45, 7) is 3.52. The number of nitrogens with zero attached hydrogens (tertiary/aromatic N) is 2. The molecule has 24 heavy (non-hydrogen) atoms. The quantitative estimate of drug-likeness (QED) is 0.730. The van der Waals surface area contributed by atoms with E-state index < -0.39 is 15.8 Å². The van der Waals surface area contributed by atoms with Gasteiger partial charge < -0.3 is 9.72 Å². The van der Waals surface area contributed by atoms with Gasteiger partial charge in [0.15, 0.2) is 0 Å². The number of hydrogen-bond acceptors (Lipinski definition) is 5. The molecule has 2 aromatic heterocycles. The van der Waals surface area contributed by atoms with E-state index in [0.29, 0.717) is 5.69 Å². The fourth-order valence-electron chi connectivity index (χ4n) is 2.57. The maximum absolute atomic E-state index is 12.9. The predicted molar refractivity (Wildman–Crippen MR) is 87.7 cm³/mol. The second-order valence-electron chi connectivity index (χ2n) is 5.38. The van der Waals surface area contributed by atoms with Crippen molar-refractivity contribution >= 4 is 26.7 Å². The molecular formula is C16H17N3O4S. The summed E-state index contributed by atoms with van der Waals surface area (Å²) in [5, 5.41) is 4.85. The number of sulfone groups is 1. The molecule has 0 aliphatic heterocycles. The Labute approximate surface area is 139 Å². The molecule has 7 nitrogen and oxygen atoms in total. The topological polar surface area (TPSA) is 94.1 Å². The molecule has 1 N–H and O–H groups in total. The highest BCUT2D eigenvalue weighted by Gasteiger charge is 2.25. The number of carbonyl (C=O) groups excluding carboxylic acids is 1. The first-order chi connectivity index (χ1) is 11.3. The summed E-state index contributed by atoms with van der Waals surface area (Å²) >= 11 is 0. The van der Waals surface area contributed by atoms with Gasteiger partial charge in [0.25, 0.3) is 0 Å². The molecule has 8 heteroatoms. The number of benzene rings is 1. The van der Waals surface area contributed by atoms with Crippen LogP contribution in [0.4, 0.5) is 0 Å². The highest BCUT2D eigenvalue weighted by molar-refractivity contribution is 7.91. The molecule has 0 aliphatic carbocycles. The number of esters is 1. The van der Waals surface area contributed by atoms with Crippen LogP contribution in [0.1, 0.15) is 23.1 Å². The number of aromatic amines is 1. The van der Waals surface area contributed by atoms with Crippen molar-refractivity contribution in [1.29, 1.82) is 0 Å². The van der Waals surface area contributed by atoms with Crippen molar-refractivity contribution < 1.29 is 17.9 Å². The average molecular weight is 347 g/mol. The summed E-state index contributed by atoms with van der Waals surface area (Å²) in [6, 6.07) is 6.14. The van der Waals surface area contributed by atoms with Crippen molar-refractivity contribution in [1.82, 2.24) is 14.8 Å². The largest absolute Gasteiger partial charge is 0.461 e. The van der Waals surface area contributed by atoms with Gasteiger partial charge in [-0.3, -0.25) is 4.68 Å². The first-order valence-corrected chi connectivity index (χ1v) is 8.86. The van der Waals surface area contributed by atoms with Gasteiger partial charge in [0.05, 0.1) is 28.1 Å². The zero-order chi connectivity index (χ0) is 17.5. The van der Waals surface area contributed by atoms with Crippen LogP contribution in [0.2, 0.25) is 0 Å². The minimum Gasteiger partial charge on any atom is -0.461 e. The van der Waals surface area contributed by atoms with E-state index in [2.05, 4.69) is 10.1 Å². The fourth-order valence-corrected chi connectivity index (χ4v) is 4.08. The summed E-state index contributed by atoms with van der Waals surface area (Å²) < 4.78 is 32.4. The Bertz CT molecular complexity index is 1030. The van der Waals surface area contributed by atoms with E-state index in [-0.39, 0.29) is 22.1 Å². The lowest BCUT2D eigenvalue weighted by Gasteiger charge is -2.04. The normalized spacial score (nSPS) is 11.8. The molecule has 3 rings (SSSR count). The van der Waals surface area contributed by atoms with Crippen LogP contribution in [0.3, 0.4) is 0 Å². The van der Waals surface area contributed by atoms with Crippen molar-refractivity contribution in [2.24, 2.45) is 7.05 Å². The Hall–Kier alpha value is -2.61. The summed E-state index contributed by atoms with van der Waals surface area (Å²) in [6.07, 6.45) is 1.61. The number of aromatic nitrogens is 3. The van der Waals surface area contributed by atoms with Crippen molar-refractivity contribution in [2.75, 3.05) is 6.61 Å². The molecule has 0 spiro atoms. The lowest BCUT2D eigenvalue weighted by atomic mass is 10.2. The minimum atomic E-state index is -3.76. The van der Waals surface area contributed by atoms with Gasteiger partial charge >= 0.3 is 5.97 Å². The van der Waals surface area contributed by atoms with E-state index in [1.807, 2.05) is 0 Å². The summed E-state index contributed by atoms with van der Waals surface area (Å²) in [7, 11) is -1.97. The molecular weight excluding hydrogens is 330 g/mol. The van der Waals surface area contributed by atoms with Crippen molar-refractivity contribution in [3.8, 4) is 0 Å². The van der Waals surface area contributed by atoms with E-state index >= 15 is 0 Å². The Morgan fingerprint density at radius 1 is 1.33 bits per heavy atom. The maximum atomic E-state index is 12.9. The minimum absolute atomic E-state index is 0.0637. The molecule has 0 amide bonds. The average Bonchev–Trinajstić information content (AvgIpc) is 3.11. The van der Waals surface area contributed by atoms with E-state index in [0.717, 1.165) is 10.9 Å². The van der Waals surface area contributed by atoms with E-state index in [9.17, 15) is 13.2 Å². The Morgan fingerprint density at radius 2 is 2.08 bits per heavy atom. The Morgan fingerprint density at radius 3 is 2.79 bits per heavy atom. The lowest BCUT2D eigenvalue weighted by molar-refractivity contribution is 0.0520. The van der Waals surface area contributed by atoms with Gasteiger partial charge in [-0.2, -0.15) is 5.10 Å². The fraction of sp³-hybridized carbons (Fsp3) is 0.250. The lowest BCUT2D eigenvalue weighted by Crippen LogP contribution is -2.05. The van der Waals surface area contributed by atoms with Crippen LogP contribution < -0.4 is 0 Å². The number of ether oxygens (including phenoxy) is 1. The highest BCUT2D eigenvalue weighted by Crippen LogP contribution is 2.27. The highest BCUT2D eigenvalue weighted by atomic mass is 32.2. The smallest absolute Gasteiger partial charge is 0.354 e. The van der Waals surface area contributed by atoms with Gasteiger partial charge in [-0.1, -0.05) is 0 Å².